The molecule has 0 saturated carbocycles. The van der Waals surface area contributed by atoms with Crippen LogP contribution < -0.4 is 10.6 Å². The molecule has 2 aromatic rings. The third-order valence-electron chi connectivity index (χ3n) is 4.59. The smallest absolute Gasteiger partial charge is 0.291 e. The Morgan fingerprint density at radius 3 is 2.55 bits per heavy atom. The van der Waals surface area contributed by atoms with Crippen LogP contribution in [-0.2, 0) is 21.2 Å². The number of halogens is 1. The first-order valence-electron chi connectivity index (χ1n) is 9.11. The summed E-state index contributed by atoms with van der Waals surface area (Å²) in [6.07, 6.45) is 2.83. The first-order chi connectivity index (χ1) is 13.7. The summed E-state index contributed by atoms with van der Waals surface area (Å²) in [7, 11) is -3.25. The van der Waals surface area contributed by atoms with Crippen LogP contribution >= 0.6 is 15.9 Å². The predicted octanol–water partition coefficient (Wildman–Crippen LogP) is 2.38. The molecule has 1 atom stereocenters. The van der Waals surface area contributed by atoms with Gasteiger partial charge in [-0.1, -0.05) is 12.1 Å². The van der Waals surface area contributed by atoms with E-state index < -0.39 is 10.0 Å². The van der Waals surface area contributed by atoms with Crippen LogP contribution in [0.2, 0.25) is 0 Å². The van der Waals surface area contributed by atoms with E-state index in [1.165, 1.54) is 10.6 Å². The van der Waals surface area contributed by atoms with Crippen LogP contribution in [0.25, 0.3) is 0 Å². The van der Waals surface area contributed by atoms with Crippen molar-refractivity contribution >= 4 is 43.5 Å². The average Bonchev–Trinajstić information content (AvgIpc) is 3.09. The van der Waals surface area contributed by atoms with Crippen LogP contribution in [0.4, 0.5) is 5.69 Å². The van der Waals surface area contributed by atoms with Gasteiger partial charge >= 0.3 is 0 Å². The second-order valence-corrected chi connectivity index (χ2v) is 9.72. The third-order valence-corrected chi connectivity index (χ3v) is 6.29. The standard InChI is InChI=1S/C19H22BrN3O5S/c1-29(26,27)23-10-2-3-15(12-23)21-18(24)11-13-4-6-14(7-5-13)22-19(25)16-8-9-17(20)28-16/h4-9,15H,2-3,10-12H2,1H3,(H,21,24)(H,22,25). The van der Waals surface area contributed by atoms with Gasteiger partial charge in [0.2, 0.25) is 15.9 Å². The molecule has 1 aliphatic rings. The number of amides is 2. The van der Waals surface area contributed by atoms with Crippen molar-refractivity contribution in [2.24, 2.45) is 0 Å². The van der Waals surface area contributed by atoms with Gasteiger partial charge in [0.25, 0.3) is 5.91 Å². The maximum Gasteiger partial charge on any atom is 0.291 e. The Morgan fingerprint density at radius 2 is 1.93 bits per heavy atom. The number of rotatable bonds is 6. The van der Waals surface area contributed by atoms with E-state index in [2.05, 4.69) is 26.6 Å². The highest BCUT2D eigenvalue weighted by atomic mass is 79.9. The molecule has 0 bridgehead atoms. The molecule has 1 aromatic carbocycles. The fourth-order valence-electron chi connectivity index (χ4n) is 3.16. The largest absolute Gasteiger partial charge is 0.444 e. The maximum absolute atomic E-state index is 12.3. The fourth-order valence-corrected chi connectivity index (χ4v) is 4.38. The van der Waals surface area contributed by atoms with Gasteiger partial charge in [-0.05, 0) is 58.6 Å². The van der Waals surface area contributed by atoms with Crippen molar-refractivity contribution in [3.05, 3.63) is 52.4 Å². The summed E-state index contributed by atoms with van der Waals surface area (Å²) < 4.78 is 30.4. The van der Waals surface area contributed by atoms with E-state index in [9.17, 15) is 18.0 Å². The minimum atomic E-state index is -3.25. The van der Waals surface area contributed by atoms with Gasteiger partial charge in [0.05, 0.1) is 12.7 Å². The molecule has 8 nitrogen and oxygen atoms in total. The number of anilines is 1. The van der Waals surface area contributed by atoms with Crippen LogP contribution in [0, 0.1) is 0 Å². The van der Waals surface area contributed by atoms with Crippen molar-refractivity contribution in [2.45, 2.75) is 25.3 Å². The second kappa shape index (κ2) is 9.10. The Hall–Kier alpha value is -2.17. The Morgan fingerprint density at radius 1 is 1.21 bits per heavy atom. The van der Waals surface area contributed by atoms with Gasteiger partial charge < -0.3 is 15.1 Å². The number of sulfonamides is 1. The Kier molecular flexibility index (Phi) is 6.76. The summed E-state index contributed by atoms with van der Waals surface area (Å²) in [6, 6.07) is 9.96. The zero-order valence-corrected chi connectivity index (χ0v) is 18.3. The third kappa shape index (κ3) is 6.15. The molecular formula is C19H22BrN3O5S. The van der Waals surface area contributed by atoms with E-state index in [-0.39, 0.29) is 30.0 Å². The minimum Gasteiger partial charge on any atom is -0.444 e. The lowest BCUT2D eigenvalue weighted by Gasteiger charge is -2.31. The van der Waals surface area contributed by atoms with Crippen LogP contribution in [-0.4, -0.2) is 49.9 Å². The van der Waals surface area contributed by atoms with E-state index in [4.69, 9.17) is 4.42 Å². The molecule has 2 N–H and O–H groups in total. The minimum absolute atomic E-state index is 0.164. The number of nitrogens with zero attached hydrogens (tertiary/aromatic N) is 1. The Labute approximate surface area is 177 Å². The highest BCUT2D eigenvalue weighted by Gasteiger charge is 2.26. The maximum atomic E-state index is 12.3. The number of nitrogens with one attached hydrogen (secondary N) is 2. The molecule has 1 fully saturated rings. The lowest BCUT2D eigenvalue weighted by molar-refractivity contribution is -0.121. The molecule has 3 rings (SSSR count). The Balaban J connectivity index is 1.51. The number of carbonyl (C=O) groups excluding carboxylic acids is 2. The summed E-state index contributed by atoms with van der Waals surface area (Å²) in [5, 5.41) is 5.63. The highest BCUT2D eigenvalue weighted by Crippen LogP contribution is 2.17. The number of benzene rings is 1. The number of furan rings is 1. The van der Waals surface area contributed by atoms with E-state index in [0.717, 1.165) is 18.4 Å². The van der Waals surface area contributed by atoms with Crippen LogP contribution in [0.5, 0.6) is 0 Å². The molecule has 1 saturated heterocycles. The van der Waals surface area contributed by atoms with Crippen molar-refractivity contribution < 1.29 is 22.4 Å². The Bertz CT molecular complexity index is 988. The van der Waals surface area contributed by atoms with E-state index in [0.29, 0.717) is 23.4 Å². The molecular weight excluding hydrogens is 462 g/mol. The zero-order chi connectivity index (χ0) is 21.0. The molecule has 0 radical (unpaired) electrons. The molecule has 0 spiro atoms. The van der Waals surface area contributed by atoms with E-state index in [1.54, 1.807) is 36.4 Å². The van der Waals surface area contributed by atoms with Crippen molar-refractivity contribution in [3.63, 3.8) is 0 Å². The molecule has 0 aliphatic carbocycles. The van der Waals surface area contributed by atoms with Gasteiger partial charge in [-0.2, -0.15) is 0 Å². The van der Waals surface area contributed by atoms with Crippen molar-refractivity contribution in [1.29, 1.82) is 0 Å². The SMILES string of the molecule is CS(=O)(=O)N1CCCC(NC(=O)Cc2ccc(NC(=O)c3ccc(Br)o3)cc2)C1. The van der Waals surface area contributed by atoms with Gasteiger partial charge in [0.1, 0.15) is 0 Å². The van der Waals surface area contributed by atoms with Crippen molar-refractivity contribution in [1.82, 2.24) is 9.62 Å². The van der Waals surface area contributed by atoms with Crippen molar-refractivity contribution in [3.8, 4) is 0 Å². The topological polar surface area (TPSA) is 109 Å². The molecule has 2 heterocycles. The lowest BCUT2D eigenvalue weighted by atomic mass is 10.1. The van der Waals surface area contributed by atoms with Crippen LogP contribution in [0.3, 0.4) is 0 Å². The predicted molar refractivity (Wildman–Crippen MR) is 112 cm³/mol. The molecule has 1 aliphatic heterocycles. The number of hydrogen-bond donors (Lipinski definition) is 2. The fraction of sp³-hybridized carbons (Fsp3) is 0.368. The van der Waals surface area contributed by atoms with Gasteiger partial charge in [0, 0.05) is 24.8 Å². The van der Waals surface area contributed by atoms with Gasteiger partial charge in [-0.3, -0.25) is 9.59 Å². The quantitative estimate of drug-likeness (QED) is 0.655. The van der Waals surface area contributed by atoms with Gasteiger partial charge in [0.15, 0.2) is 10.4 Å². The first kappa shape index (κ1) is 21.5. The normalized spacial score (nSPS) is 17.7. The molecule has 1 aromatic heterocycles. The number of hydrogen-bond acceptors (Lipinski definition) is 5. The molecule has 29 heavy (non-hydrogen) atoms. The van der Waals surface area contributed by atoms with E-state index >= 15 is 0 Å². The van der Waals surface area contributed by atoms with Crippen LogP contribution in [0.1, 0.15) is 29.0 Å². The van der Waals surface area contributed by atoms with E-state index in [1.807, 2.05) is 0 Å². The molecule has 10 heteroatoms. The first-order valence-corrected chi connectivity index (χ1v) is 11.7. The van der Waals surface area contributed by atoms with Crippen molar-refractivity contribution in [2.75, 3.05) is 24.7 Å². The average molecular weight is 484 g/mol. The second-order valence-electron chi connectivity index (χ2n) is 6.96. The molecule has 156 valence electrons. The number of piperidine rings is 1. The van der Waals surface area contributed by atoms with Gasteiger partial charge in [-0.25, -0.2) is 12.7 Å². The van der Waals surface area contributed by atoms with Crippen LogP contribution in [0.15, 0.2) is 45.5 Å². The number of carbonyl (C=O) groups is 2. The summed E-state index contributed by atoms with van der Waals surface area (Å²) in [6.45, 7) is 0.797. The van der Waals surface area contributed by atoms with Gasteiger partial charge in [-0.15, -0.1) is 0 Å². The lowest BCUT2D eigenvalue weighted by Crippen LogP contribution is -2.49. The highest BCUT2D eigenvalue weighted by molar-refractivity contribution is 9.10. The summed E-state index contributed by atoms with van der Waals surface area (Å²) in [5.41, 5.74) is 1.37. The summed E-state index contributed by atoms with van der Waals surface area (Å²) in [5.74, 6) is -0.340. The molecule has 1 unspecified atom stereocenters. The zero-order valence-electron chi connectivity index (χ0n) is 15.9. The molecule has 2 amide bonds. The summed E-state index contributed by atoms with van der Waals surface area (Å²) in [4.78, 5) is 24.4. The summed E-state index contributed by atoms with van der Waals surface area (Å²) >= 11 is 3.15. The monoisotopic (exact) mass is 483 g/mol.